The number of benzene rings is 3. The largest absolute Gasteiger partial charge is 0.508 e. The molecule has 4 aromatic rings. The molecule has 1 saturated heterocycles. The van der Waals surface area contributed by atoms with E-state index in [1.165, 1.54) is 59.2 Å². The third-order valence-corrected chi connectivity index (χ3v) is 13.5. The summed E-state index contributed by atoms with van der Waals surface area (Å²) in [6.07, 6.45) is -5.77. The molecule has 1 fully saturated rings. The minimum Gasteiger partial charge on any atom is -0.508 e. The number of carbonyl (C=O) groups is 3. The number of fused-ring (bicyclic) bond motifs is 3. The van der Waals surface area contributed by atoms with E-state index >= 15 is 0 Å². The maximum atomic E-state index is 13.4. The number of nitrogens with one attached hydrogen (secondary N) is 3. The van der Waals surface area contributed by atoms with E-state index in [1.54, 1.807) is 0 Å². The lowest BCUT2D eigenvalue weighted by molar-refractivity contribution is -0.0521. The van der Waals surface area contributed by atoms with Crippen molar-refractivity contribution in [1.82, 2.24) is 35.0 Å². The molecule has 0 radical (unpaired) electrons. The van der Waals surface area contributed by atoms with Crippen LogP contribution in [0.5, 0.6) is 5.75 Å². The molecular formula is C34H33N8O19P3. The third kappa shape index (κ3) is 10.1. The number of anilines is 1. The van der Waals surface area contributed by atoms with Crippen molar-refractivity contribution >= 4 is 69.2 Å². The topological polar surface area (TPSA) is 417 Å². The number of phenols is 1. The predicted octanol–water partition coefficient (Wildman–Crippen LogP) is 1.39. The number of hydrogen-bond donors (Lipinski definition) is 11. The SMILES string of the molecule is Nc1ncnc2c1ncn2[C@@H]1O[C@H](COP(=O)(O)OP(=O)(O)NP(=O)(O)O)[C@@H](O)[C@H]1OC(=O)NCCNC(=O)c1ccc(C(=O)O)c(-c2c3ccc(=O)cc-3oc3cc(O)ccc23)c1. The average molecular weight is 951 g/mol. The van der Waals surface area contributed by atoms with E-state index in [1.807, 2.05) is 0 Å². The molecule has 2 amide bonds. The minimum atomic E-state index is -5.64. The number of rotatable bonds is 15. The molecule has 12 N–H and O–H groups in total. The summed E-state index contributed by atoms with van der Waals surface area (Å²) < 4.78 is 62.3. The summed E-state index contributed by atoms with van der Waals surface area (Å²) in [5, 5.41) is 36.7. The zero-order valence-corrected chi connectivity index (χ0v) is 34.7. The van der Waals surface area contributed by atoms with Crippen molar-refractivity contribution in [1.29, 1.82) is 0 Å². The van der Waals surface area contributed by atoms with Gasteiger partial charge in [-0.3, -0.25) is 18.7 Å². The fourth-order valence-electron chi connectivity index (χ4n) is 6.61. The number of aromatic hydroxyl groups is 1. The van der Waals surface area contributed by atoms with Gasteiger partial charge >= 0.3 is 35.4 Å². The number of ether oxygens (including phenoxy) is 2. The van der Waals surface area contributed by atoms with Gasteiger partial charge in [0, 0.05) is 47.3 Å². The molecule has 1 aliphatic carbocycles. The highest BCUT2D eigenvalue weighted by molar-refractivity contribution is 7.70. The van der Waals surface area contributed by atoms with Crippen molar-refractivity contribution in [3.8, 4) is 28.2 Å². The van der Waals surface area contributed by atoms with E-state index in [0.717, 1.165) is 17.5 Å². The highest BCUT2D eigenvalue weighted by Crippen LogP contribution is 2.61. The first-order valence-corrected chi connectivity index (χ1v) is 22.7. The molecule has 2 aromatic heterocycles. The van der Waals surface area contributed by atoms with Gasteiger partial charge in [-0.2, -0.15) is 4.31 Å². The number of nitrogen functional groups attached to an aromatic ring is 1. The quantitative estimate of drug-likeness (QED) is 0.0393. The number of carboxylic acid groups (broad SMARTS) is 1. The van der Waals surface area contributed by atoms with Crippen LogP contribution < -0.4 is 26.7 Å². The summed E-state index contributed by atoms with van der Waals surface area (Å²) >= 11 is 0. The van der Waals surface area contributed by atoms with Crippen LogP contribution in [0.1, 0.15) is 26.9 Å². The van der Waals surface area contributed by atoms with Gasteiger partial charge in [0.05, 0.1) is 18.5 Å². The Morgan fingerprint density at radius 1 is 0.922 bits per heavy atom. The Kier molecular flexibility index (Phi) is 12.7. The number of aliphatic hydroxyl groups is 1. The molecule has 0 bridgehead atoms. The maximum Gasteiger partial charge on any atom is 0.480 e. The van der Waals surface area contributed by atoms with Gasteiger partial charge in [0.1, 0.15) is 41.1 Å². The Balaban J connectivity index is 1.05. The zero-order valence-electron chi connectivity index (χ0n) is 32.0. The van der Waals surface area contributed by atoms with Crippen molar-refractivity contribution in [2.24, 2.45) is 0 Å². The van der Waals surface area contributed by atoms with Crippen LogP contribution in [-0.4, -0.2) is 110 Å². The predicted molar refractivity (Wildman–Crippen MR) is 215 cm³/mol. The number of phenolic OH excluding ortho intramolecular Hbond substituents is 1. The van der Waals surface area contributed by atoms with Gasteiger partial charge in [-0.1, -0.05) is 0 Å². The van der Waals surface area contributed by atoms with Crippen LogP contribution in [0.25, 0.3) is 44.6 Å². The summed E-state index contributed by atoms with van der Waals surface area (Å²) in [7, 11) is -16.7. The van der Waals surface area contributed by atoms with Crippen LogP contribution in [0.3, 0.4) is 0 Å². The van der Waals surface area contributed by atoms with E-state index in [2.05, 4.69) is 34.4 Å². The molecule has 64 heavy (non-hydrogen) atoms. The Labute approximate surface area is 356 Å². The number of aromatic carboxylic acids is 1. The highest BCUT2D eigenvalue weighted by Gasteiger charge is 2.49. The summed E-state index contributed by atoms with van der Waals surface area (Å²) in [6.45, 7) is -1.64. The number of imidazole rings is 1. The number of carbonyl (C=O) groups excluding carboxylic acids is 2. The first-order chi connectivity index (χ1) is 30.1. The van der Waals surface area contributed by atoms with Crippen molar-refractivity contribution < 1.29 is 85.7 Å². The number of aromatic nitrogens is 4. The number of aliphatic hydroxyl groups excluding tert-OH is 1. The van der Waals surface area contributed by atoms with Gasteiger partial charge in [-0.25, -0.2) is 38.2 Å². The van der Waals surface area contributed by atoms with Gasteiger partial charge in [-0.05, 0) is 48.0 Å². The fraction of sp³-hybridized carbons (Fsp3) is 0.206. The van der Waals surface area contributed by atoms with E-state index < -0.39 is 77.9 Å². The maximum absolute atomic E-state index is 13.4. The standard InChI is InChI=1S/C34H33N8O19P3/c35-29-26-30(39-13-38-29)42(14-40-26)32-28(27(45)24(59-32)12-57-64(55,56)61-63(53,54)41-62(50,51)52)60-34(49)37-8-7-36-31(46)15-1-4-18(33(47)48)21(9-15)25-19-5-2-16(43)10-22(19)58-23-11-17(44)3-6-20(23)25/h1-6,9-11,13-14,24,27-28,32,43,45H,7-8,12H2,(H,36,46)(H,37,49)(H,47,48)(H,55,56)(H2,35,38,39)(H4,41,50,51,52,53,54)/t24-,27-,28-,32-/m1/s1. The monoisotopic (exact) mass is 950 g/mol. The number of phosphoric ester groups is 1. The Hall–Kier alpha value is -6.18. The molecule has 30 heteroatoms. The summed E-state index contributed by atoms with van der Waals surface area (Å²) in [5.41, 5.74) is 6.17. The van der Waals surface area contributed by atoms with Crippen LogP contribution in [0.2, 0.25) is 0 Å². The Bertz CT molecular complexity index is 3000. The molecule has 2 unspecified atom stereocenters. The van der Waals surface area contributed by atoms with Gasteiger partial charge in [-0.15, -0.1) is 4.86 Å². The second kappa shape index (κ2) is 17.8. The fourth-order valence-corrected chi connectivity index (χ4v) is 10.0. The number of hydrogen-bond acceptors (Lipinski definition) is 18. The summed E-state index contributed by atoms with van der Waals surface area (Å²) in [4.78, 5) is 101. The Morgan fingerprint density at radius 2 is 1.67 bits per heavy atom. The summed E-state index contributed by atoms with van der Waals surface area (Å²) in [6, 6.07) is 11.8. The van der Waals surface area contributed by atoms with Crippen molar-refractivity contribution in [3.63, 3.8) is 0 Å². The summed E-state index contributed by atoms with van der Waals surface area (Å²) in [5.74, 6) is -2.19. The second-order valence-corrected chi connectivity index (χ2v) is 18.4. The number of amides is 2. The number of phosphoric acid groups is 1. The molecule has 6 atom stereocenters. The first kappa shape index (κ1) is 45.8. The van der Waals surface area contributed by atoms with E-state index in [9.17, 15) is 58.0 Å². The molecule has 4 heterocycles. The number of nitrogens with two attached hydrogens (primary N) is 1. The van der Waals surface area contributed by atoms with Crippen LogP contribution in [-0.2, 0) is 32.0 Å². The number of carboxylic acids is 1. The molecule has 0 saturated carbocycles. The van der Waals surface area contributed by atoms with Crippen LogP contribution in [0.15, 0.2) is 76.5 Å². The molecule has 3 aliphatic rings. The number of nitrogens with zero attached hydrogens (tertiary/aromatic N) is 4. The van der Waals surface area contributed by atoms with Gasteiger partial charge in [0.25, 0.3) is 5.91 Å². The molecule has 338 valence electrons. The third-order valence-electron chi connectivity index (χ3n) is 9.23. The van der Waals surface area contributed by atoms with Crippen molar-refractivity contribution in [2.75, 3.05) is 25.4 Å². The normalized spacial score (nSPS) is 19.6. The molecule has 2 aliphatic heterocycles. The molecule has 2 aromatic carbocycles. The first-order valence-electron chi connectivity index (χ1n) is 18.0. The molecule has 27 nitrogen and oxygen atoms in total. The Morgan fingerprint density at radius 3 is 2.41 bits per heavy atom. The smallest absolute Gasteiger partial charge is 0.480 e. The lowest BCUT2D eigenvalue weighted by atomic mass is 9.89. The lowest BCUT2D eigenvalue weighted by Crippen LogP contribution is -2.41. The van der Waals surface area contributed by atoms with Crippen molar-refractivity contribution in [2.45, 2.75) is 24.5 Å². The highest BCUT2D eigenvalue weighted by atomic mass is 31.3. The van der Waals surface area contributed by atoms with Gasteiger partial charge in [0.15, 0.2) is 29.2 Å². The lowest BCUT2D eigenvalue weighted by Gasteiger charge is -2.22. The van der Waals surface area contributed by atoms with Gasteiger partial charge < -0.3 is 65.2 Å². The van der Waals surface area contributed by atoms with Gasteiger partial charge in [0.2, 0.25) is 0 Å². The minimum absolute atomic E-state index is 0.0130. The average Bonchev–Trinajstić information content (AvgIpc) is 3.76. The second-order valence-electron chi connectivity index (χ2n) is 13.6. The van der Waals surface area contributed by atoms with Crippen LogP contribution >= 0.6 is 23.3 Å². The van der Waals surface area contributed by atoms with Crippen LogP contribution in [0, 0.1) is 0 Å². The molecular weight excluding hydrogens is 917 g/mol. The number of alkyl carbamates (subject to hydrolysis) is 1. The van der Waals surface area contributed by atoms with Crippen molar-refractivity contribution in [3.05, 3.63) is 88.6 Å². The van der Waals surface area contributed by atoms with Crippen LogP contribution in [0.4, 0.5) is 10.6 Å². The van der Waals surface area contributed by atoms with E-state index in [0.29, 0.717) is 16.5 Å². The van der Waals surface area contributed by atoms with E-state index in [-0.39, 0.29) is 63.9 Å². The molecule has 7 rings (SSSR count). The molecule has 0 spiro atoms. The van der Waals surface area contributed by atoms with E-state index in [4.69, 9.17) is 29.4 Å². The zero-order chi connectivity index (χ0) is 46.3.